The van der Waals surface area contributed by atoms with Crippen molar-refractivity contribution in [2.45, 2.75) is 0 Å². The summed E-state index contributed by atoms with van der Waals surface area (Å²) in [4.78, 5) is 0. The molecule has 0 bridgehead atoms. The Hall–Kier alpha value is -1.23. The van der Waals surface area contributed by atoms with Crippen LogP contribution >= 0.6 is 22.6 Å². The Morgan fingerprint density at radius 1 is 0.800 bits per heavy atom. The largest absolute Gasteiger partial charge is 0.399 e. The fourth-order valence-corrected chi connectivity index (χ4v) is 1.90. The molecule has 2 aromatic rings. The van der Waals surface area contributed by atoms with E-state index in [0.29, 0.717) is 0 Å². The summed E-state index contributed by atoms with van der Waals surface area (Å²) in [6.07, 6.45) is 0. The lowest BCUT2D eigenvalue weighted by molar-refractivity contribution is 1.58. The summed E-state index contributed by atoms with van der Waals surface area (Å²) in [6, 6.07) is 13.8. The fourth-order valence-electron chi connectivity index (χ4n) is 1.38. The van der Waals surface area contributed by atoms with Crippen LogP contribution in [-0.4, -0.2) is 0 Å². The molecule has 2 nitrogen and oxygen atoms in total. The van der Waals surface area contributed by atoms with Crippen molar-refractivity contribution in [2.75, 3.05) is 11.5 Å². The third-order valence-electron chi connectivity index (χ3n) is 2.24. The third-order valence-corrected chi connectivity index (χ3v) is 3.18. The van der Waals surface area contributed by atoms with Gasteiger partial charge in [-0.1, -0.05) is 18.2 Å². The molecule has 0 spiro atoms. The van der Waals surface area contributed by atoms with Crippen LogP contribution in [0.25, 0.3) is 11.1 Å². The van der Waals surface area contributed by atoms with Gasteiger partial charge in [-0.3, -0.25) is 0 Å². The molecule has 76 valence electrons. The van der Waals surface area contributed by atoms with Gasteiger partial charge in [0.15, 0.2) is 0 Å². The van der Waals surface area contributed by atoms with Gasteiger partial charge in [-0.2, -0.15) is 0 Å². The van der Waals surface area contributed by atoms with Gasteiger partial charge in [0.05, 0.1) is 0 Å². The number of benzene rings is 2. The molecule has 0 radical (unpaired) electrons. The summed E-state index contributed by atoms with van der Waals surface area (Å²) >= 11 is 2.23. The highest BCUT2D eigenvalue weighted by molar-refractivity contribution is 14.1. The van der Waals surface area contributed by atoms with Crippen LogP contribution < -0.4 is 11.5 Å². The van der Waals surface area contributed by atoms with Gasteiger partial charge in [-0.25, -0.2) is 0 Å². The predicted octanol–water partition coefficient (Wildman–Crippen LogP) is 3.12. The molecule has 0 saturated heterocycles. The van der Waals surface area contributed by atoms with Crippen LogP contribution in [0.15, 0.2) is 42.5 Å². The van der Waals surface area contributed by atoms with Gasteiger partial charge >= 0.3 is 0 Å². The van der Waals surface area contributed by atoms with Crippen LogP contribution in [0.3, 0.4) is 0 Å². The number of hydrogen-bond acceptors (Lipinski definition) is 2. The van der Waals surface area contributed by atoms with Crippen molar-refractivity contribution in [3.8, 4) is 11.1 Å². The maximum absolute atomic E-state index is 5.76. The lowest BCUT2D eigenvalue weighted by Gasteiger charge is -2.04. The van der Waals surface area contributed by atoms with E-state index >= 15 is 0 Å². The first-order valence-corrected chi connectivity index (χ1v) is 5.65. The summed E-state index contributed by atoms with van der Waals surface area (Å²) in [5.74, 6) is 0. The Kier molecular flexibility index (Phi) is 2.81. The molecule has 0 aliphatic carbocycles. The molecule has 0 amide bonds. The number of halogens is 1. The maximum Gasteiger partial charge on any atom is 0.0450 e. The normalized spacial score (nSPS) is 10.2. The molecular weight excluding hydrogens is 299 g/mol. The fraction of sp³-hybridized carbons (Fsp3) is 0. The number of hydrogen-bond donors (Lipinski definition) is 2. The minimum absolute atomic E-state index is 0.781. The SMILES string of the molecule is Nc1ccc(-c2ccc(N)c(I)c2)cc1. The molecule has 0 fully saturated rings. The van der Waals surface area contributed by atoms with E-state index in [9.17, 15) is 0 Å². The van der Waals surface area contributed by atoms with Gasteiger partial charge in [-0.15, -0.1) is 0 Å². The summed E-state index contributed by atoms with van der Waals surface area (Å²) in [6.45, 7) is 0. The maximum atomic E-state index is 5.76. The second-order valence-corrected chi connectivity index (χ2v) is 4.52. The highest BCUT2D eigenvalue weighted by Crippen LogP contribution is 2.25. The zero-order chi connectivity index (χ0) is 10.8. The van der Waals surface area contributed by atoms with E-state index in [-0.39, 0.29) is 0 Å². The second kappa shape index (κ2) is 4.10. The van der Waals surface area contributed by atoms with Gasteiger partial charge in [-0.05, 0) is 58.0 Å². The van der Waals surface area contributed by atoms with E-state index in [2.05, 4.69) is 28.7 Å². The van der Waals surface area contributed by atoms with Gasteiger partial charge in [0, 0.05) is 14.9 Å². The quantitative estimate of drug-likeness (QED) is 0.628. The van der Waals surface area contributed by atoms with Crippen LogP contribution in [0.5, 0.6) is 0 Å². The van der Waals surface area contributed by atoms with Crippen molar-refractivity contribution in [1.82, 2.24) is 0 Å². The Balaban J connectivity index is 2.45. The van der Waals surface area contributed by atoms with Crippen LogP contribution in [0.1, 0.15) is 0 Å². The number of nitrogen functional groups attached to an aromatic ring is 2. The molecule has 2 rings (SSSR count). The molecule has 15 heavy (non-hydrogen) atoms. The van der Waals surface area contributed by atoms with E-state index in [1.165, 1.54) is 0 Å². The van der Waals surface area contributed by atoms with Crippen LogP contribution in [-0.2, 0) is 0 Å². The van der Waals surface area contributed by atoms with Crippen molar-refractivity contribution < 1.29 is 0 Å². The lowest BCUT2D eigenvalue weighted by Crippen LogP contribution is -1.89. The topological polar surface area (TPSA) is 52.0 Å². The molecule has 3 heteroatoms. The van der Waals surface area contributed by atoms with Crippen LogP contribution in [0, 0.1) is 3.57 Å². The first-order valence-electron chi connectivity index (χ1n) is 4.58. The first kappa shape index (κ1) is 10.3. The molecule has 0 aliphatic heterocycles. The van der Waals surface area contributed by atoms with Crippen molar-refractivity contribution in [3.63, 3.8) is 0 Å². The van der Waals surface area contributed by atoms with Crippen molar-refractivity contribution >= 4 is 34.0 Å². The summed E-state index contributed by atoms with van der Waals surface area (Å²) < 4.78 is 1.07. The minimum Gasteiger partial charge on any atom is -0.399 e. The average Bonchev–Trinajstić information content (AvgIpc) is 2.23. The van der Waals surface area contributed by atoms with E-state index in [4.69, 9.17) is 11.5 Å². The van der Waals surface area contributed by atoms with Gasteiger partial charge in [0.25, 0.3) is 0 Å². The van der Waals surface area contributed by atoms with Gasteiger partial charge in [0.2, 0.25) is 0 Å². The molecule has 0 unspecified atom stereocenters. The second-order valence-electron chi connectivity index (χ2n) is 3.36. The monoisotopic (exact) mass is 310 g/mol. The molecule has 0 aliphatic rings. The molecule has 0 aromatic heterocycles. The van der Waals surface area contributed by atoms with E-state index in [1.54, 1.807) is 0 Å². The Morgan fingerprint density at radius 3 is 2.00 bits per heavy atom. The summed E-state index contributed by atoms with van der Waals surface area (Å²) in [5.41, 5.74) is 15.3. The molecule has 2 aromatic carbocycles. The smallest absolute Gasteiger partial charge is 0.0450 e. The predicted molar refractivity (Wildman–Crippen MR) is 73.4 cm³/mol. The van der Waals surface area contributed by atoms with Gasteiger partial charge < -0.3 is 11.5 Å². The molecule has 0 atom stereocenters. The number of nitrogens with two attached hydrogens (primary N) is 2. The minimum atomic E-state index is 0.781. The zero-order valence-electron chi connectivity index (χ0n) is 8.07. The van der Waals surface area contributed by atoms with Crippen LogP contribution in [0.4, 0.5) is 11.4 Å². The van der Waals surface area contributed by atoms with Gasteiger partial charge in [0.1, 0.15) is 0 Å². The van der Waals surface area contributed by atoms with E-state index in [1.807, 2.05) is 36.4 Å². The number of rotatable bonds is 1. The van der Waals surface area contributed by atoms with Crippen LogP contribution in [0.2, 0.25) is 0 Å². The summed E-state index contributed by atoms with van der Waals surface area (Å²) in [7, 11) is 0. The number of anilines is 2. The Labute approximate surface area is 102 Å². The average molecular weight is 310 g/mol. The molecule has 0 heterocycles. The van der Waals surface area contributed by atoms with E-state index in [0.717, 1.165) is 26.1 Å². The molecule has 4 N–H and O–H groups in total. The van der Waals surface area contributed by atoms with Crippen molar-refractivity contribution in [3.05, 3.63) is 46.0 Å². The Bertz CT molecular complexity index is 477. The highest BCUT2D eigenvalue weighted by Gasteiger charge is 2.00. The summed E-state index contributed by atoms with van der Waals surface area (Å²) in [5, 5.41) is 0. The molecular formula is C12H11IN2. The standard InChI is InChI=1S/C12H11IN2/c13-11-7-9(3-6-12(11)15)8-1-4-10(14)5-2-8/h1-7H,14-15H2. The first-order chi connectivity index (χ1) is 7.16. The highest BCUT2D eigenvalue weighted by atomic mass is 127. The lowest BCUT2D eigenvalue weighted by atomic mass is 10.1. The zero-order valence-corrected chi connectivity index (χ0v) is 10.2. The third kappa shape index (κ3) is 2.23. The van der Waals surface area contributed by atoms with Crippen molar-refractivity contribution in [1.29, 1.82) is 0 Å². The van der Waals surface area contributed by atoms with E-state index < -0.39 is 0 Å². The molecule has 0 saturated carbocycles. The Morgan fingerprint density at radius 2 is 1.40 bits per heavy atom. The van der Waals surface area contributed by atoms with Crippen molar-refractivity contribution in [2.24, 2.45) is 0 Å².